The van der Waals surface area contributed by atoms with Gasteiger partial charge in [0.05, 0.1) is 12.2 Å². The molecule has 1 saturated heterocycles. The number of aliphatic imine (C=N–C) groups is 1. The van der Waals surface area contributed by atoms with E-state index in [1.54, 1.807) is 13.3 Å². The SMILES string of the molecule is CN=C(NCc1ccc(CN2CCCN(C)CC2)cc1)NCc1coc(-c2ccccc2)n1. The number of hydrogen-bond acceptors (Lipinski definition) is 5. The monoisotopic (exact) mass is 446 g/mol. The first-order valence-electron chi connectivity index (χ1n) is 11.6. The van der Waals surface area contributed by atoms with E-state index in [-0.39, 0.29) is 0 Å². The standard InChI is InChI=1S/C26H34N6O/c1-27-26(29-18-24-20-33-25(30-24)23-7-4-3-5-8-23)28-17-21-9-11-22(12-10-21)19-32-14-6-13-31(2)15-16-32/h3-5,7-12,20H,6,13-19H2,1-2H3,(H2,27,28,29). The van der Waals surface area contributed by atoms with Crippen molar-refractivity contribution in [1.82, 2.24) is 25.4 Å². The van der Waals surface area contributed by atoms with Crippen LogP contribution in [0.25, 0.3) is 11.5 Å². The summed E-state index contributed by atoms with van der Waals surface area (Å²) in [6.45, 7) is 6.93. The zero-order valence-electron chi connectivity index (χ0n) is 19.6. The van der Waals surface area contributed by atoms with Crippen LogP contribution in [0.3, 0.4) is 0 Å². The molecule has 0 amide bonds. The second-order valence-corrected chi connectivity index (χ2v) is 8.54. The average molecular weight is 447 g/mol. The number of likely N-dealkylation sites (N-methyl/N-ethyl adjacent to an activating group) is 1. The molecule has 2 N–H and O–H groups in total. The van der Waals surface area contributed by atoms with Crippen LogP contribution in [-0.2, 0) is 19.6 Å². The van der Waals surface area contributed by atoms with Crippen LogP contribution < -0.4 is 10.6 Å². The lowest BCUT2D eigenvalue weighted by Gasteiger charge is -2.20. The Hall–Kier alpha value is -3.16. The van der Waals surface area contributed by atoms with E-state index in [0.29, 0.717) is 19.0 Å². The van der Waals surface area contributed by atoms with Crippen molar-refractivity contribution in [3.63, 3.8) is 0 Å². The van der Waals surface area contributed by atoms with Gasteiger partial charge in [-0.25, -0.2) is 4.98 Å². The molecular formula is C26H34N6O. The van der Waals surface area contributed by atoms with Crippen LogP contribution in [0.5, 0.6) is 0 Å². The minimum Gasteiger partial charge on any atom is -0.444 e. The maximum Gasteiger partial charge on any atom is 0.226 e. The van der Waals surface area contributed by atoms with Crippen molar-refractivity contribution in [2.24, 2.45) is 4.99 Å². The second-order valence-electron chi connectivity index (χ2n) is 8.54. The Morgan fingerprint density at radius 1 is 0.939 bits per heavy atom. The van der Waals surface area contributed by atoms with E-state index in [4.69, 9.17) is 4.42 Å². The van der Waals surface area contributed by atoms with Crippen LogP contribution in [0.15, 0.2) is 70.3 Å². The molecule has 0 spiro atoms. The molecule has 0 atom stereocenters. The van der Waals surface area contributed by atoms with Crippen molar-refractivity contribution >= 4 is 5.96 Å². The zero-order valence-corrected chi connectivity index (χ0v) is 19.6. The van der Waals surface area contributed by atoms with Gasteiger partial charge in [0.1, 0.15) is 6.26 Å². The molecule has 0 unspecified atom stereocenters. The zero-order chi connectivity index (χ0) is 22.9. The number of rotatable bonds is 7. The Labute approximate surface area is 196 Å². The smallest absolute Gasteiger partial charge is 0.226 e. The van der Waals surface area contributed by atoms with Crippen molar-refractivity contribution in [2.45, 2.75) is 26.1 Å². The van der Waals surface area contributed by atoms with Gasteiger partial charge in [-0.2, -0.15) is 0 Å². The van der Waals surface area contributed by atoms with Crippen molar-refractivity contribution in [2.75, 3.05) is 40.3 Å². The van der Waals surface area contributed by atoms with Crippen LogP contribution in [-0.4, -0.2) is 61.0 Å². The Morgan fingerprint density at radius 3 is 2.48 bits per heavy atom. The van der Waals surface area contributed by atoms with Gasteiger partial charge >= 0.3 is 0 Å². The van der Waals surface area contributed by atoms with E-state index in [2.05, 4.69) is 61.7 Å². The molecule has 2 heterocycles. The summed E-state index contributed by atoms with van der Waals surface area (Å²) >= 11 is 0. The maximum absolute atomic E-state index is 5.61. The number of benzene rings is 2. The number of nitrogens with zero attached hydrogens (tertiary/aromatic N) is 4. The van der Waals surface area contributed by atoms with Crippen molar-refractivity contribution in [1.29, 1.82) is 0 Å². The van der Waals surface area contributed by atoms with Crippen LogP contribution in [0, 0.1) is 0 Å². The van der Waals surface area contributed by atoms with Crippen molar-refractivity contribution in [3.8, 4) is 11.5 Å². The first-order chi connectivity index (χ1) is 16.2. The lowest BCUT2D eigenvalue weighted by Crippen LogP contribution is -2.36. The minimum absolute atomic E-state index is 0.542. The summed E-state index contributed by atoms with van der Waals surface area (Å²) in [5.74, 6) is 1.36. The number of nitrogens with one attached hydrogen (secondary N) is 2. The molecule has 33 heavy (non-hydrogen) atoms. The highest BCUT2D eigenvalue weighted by Crippen LogP contribution is 2.17. The predicted molar refractivity (Wildman–Crippen MR) is 133 cm³/mol. The molecule has 1 aliphatic heterocycles. The molecule has 0 radical (unpaired) electrons. The third-order valence-electron chi connectivity index (χ3n) is 5.93. The number of oxazole rings is 1. The van der Waals surface area contributed by atoms with Gasteiger partial charge < -0.3 is 20.0 Å². The summed E-state index contributed by atoms with van der Waals surface area (Å²) < 4.78 is 5.61. The van der Waals surface area contributed by atoms with E-state index < -0.39 is 0 Å². The lowest BCUT2D eigenvalue weighted by atomic mass is 10.1. The maximum atomic E-state index is 5.61. The Balaban J connectivity index is 1.23. The summed E-state index contributed by atoms with van der Waals surface area (Å²) in [4.78, 5) is 13.8. The molecule has 174 valence electrons. The molecule has 1 fully saturated rings. The van der Waals surface area contributed by atoms with Gasteiger partial charge in [-0.1, -0.05) is 42.5 Å². The molecule has 0 aliphatic carbocycles. The first kappa shape index (κ1) is 23.0. The molecule has 3 aromatic rings. The highest BCUT2D eigenvalue weighted by Gasteiger charge is 2.12. The molecular weight excluding hydrogens is 412 g/mol. The fourth-order valence-corrected chi connectivity index (χ4v) is 3.96. The average Bonchev–Trinajstić information content (AvgIpc) is 3.24. The normalized spacial score (nSPS) is 15.9. The van der Waals surface area contributed by atoms with Crippen LogP contribution >= 0.6 is 0 Å². The molecule has 0 saturated carbocycles. The molecule has 1 aromatic heterocycles. The van der Waals surface area contributed by atoms with Gasteiger partial charge in [-0.3, -0.25) is 9.89 Å². The summed E-state index contributed by atoms with van der Waals surface area (Å²) in [6, 6.07) is 18.8. The quantitative estimate of drug-likeness (QED) is 0.429. The van der Waals surface area contributed by atoms with Gasteiger partial charge in [0.25, 0.3) is 0 Å². The Morgan fingerprint density at radius 2 is 1.70 bits per heavy atom. The predicted octanol–water partition coefficient (Wildman–Crippen LogP) is 3.34. The lowest BCUT2D eigenvalue weighted by molar-refractivity contribution is 0.269. The number of guanidine groups is 1. The Bertz CT molecular complexity index is 1010. The van der Waals surface area contributed by atoms with Crippen LogP contribution in [0.2, 0.25) is 0 Å². The summed E-state index contributed by atoms with van der Waals surface area (Å²) in [7, 11) is 3.98. The summed E-state index contributed by atoms with van der Waals surface area (Å²) in [5.41, 5.74) is 4.40. The molecule has 2 aromatic carbocycles. The summed E-state index contributed by atoms with van der Waals surface area (Å²) in [6.07, 6.45) is 2.93. The van der Waals surface area contributed by atoms with Gasteiger partial charge in [0, 0.05) is 38.8 Å². The van der Waals surface area contributed by atoms with Gasteiger partial charge in [0.2, 0.25) is 5.89 Å². The van der Waals surface area contributed by atoms with Crippen molar-refractivity contribution < 1.29 is 4.42 Å². The number of hydrogen-bond donors (Lipinski definition) is 2. The highest BCUT2D eigenvalue weighted by atomic mass is 16.3. The third kappa shape index (κ3) is 6.91. The molecule has 1 aliphatic rings. The molecule has 7 nitrogen and oxygen atoms in total. The third-order valence-corrected chi connectivity index (χ3v) is 5.93. The largest absolute Gasteiger partial charge is 0.444 e. The van der Waals surface area contributed by atoms with Crippen LogP contribution in [0.4, 0.5) is 0 Å². The van der Waals surface area contributed by atoms with Gasteiger partial charge in [0.15, 0.2) is 5.96 Å². The first-order valence-corrected chi connectivity index (χ1v) is 11.6. The van der Waals surface area contributed by atoms with E-state index in [0.717, 1.165) is 36.9 Å². The van der Waals surface area contributed by atoms with E-state index in [9.17, 15) is 0 Å². The fourth-order valence-electron chi connectivity index (χ4n) is 3.96. The molecule has 0 bridgehead atoms. The summed E-state index contributed by atoms with van der Waals surface area (Å²) in [5, 5.41) is 6.67. The molecule has 4 rings (SSSR count). The van der Waals surface area contributed by atoms with Crippen molar-refractivity contribution in [3.05, 3.63) is 77.7 Å². The van der Waals surface area contributed by atoms with Gasteiger partial charge in [-0.05, 0) is 49.8 Å². The number of aromatic nitrogens is 1. The van der Waals surface area contributed by atoms with E-state index in [1.807, 2.05) is 30.3 Å². The van der Waals surface area contributed by atoms with E-state index in [1.165, 1.54) is 30.6 Å². The topological polar surface area (TPSA) is 68.9 Å². The van der Waals surface area contributed by atoms with Crippen LogP contribution in [0.1, 0.15) is 23.2 Å². The fraction of sp³-hybridized carbons (Fsp3) is 0.385. The molecule has 7 heteroatoms. The Kier molecular flexibility index (Phi) is 8.11. The minimum atomic E-state index is 0.542. The second kappa shape index (κ2) is 11.6. The highest BCUT2D eigenvalue weighted by molar-refractivity contribution is 5.79. The van der Waals surface area contributed by atoms with Gasteiger partial charge in [-0.15, -0.1) is 0 Å². The van der Waals surface area contributed by atoms with E-state index >= 15 is 0 Å².